The lowest BCUT2D eigenvalue weighted by molar-refractivity contribution is -0.136. The summed E-state index contributed by atoms with van der Waals surface area (Å²) in [6.45, 7) is 6.47. The summed E-state index contributed by atoms with van der Waals surface area (Å²) in [6, 6.07) is 8.85. The molecule has 0 radical (unpaired) electrons. The molecule has 3 unspecified atom stereocenters. The van der Waals surface area contributed by atoms with Gasteiger partial charge in [-0.15, -0.1) is 12.4 Å². The summed E-state index contributed by atoms with van der Waals surface area (Å²) in [6.07, 6.45) is 4.39. The van der Waals surface area contributed by atoms with Gasteiger partial charge in [-0.1, -0.05) is 32.0 Å². The van der Waals surface area contributed by atoms with Crippen LogP contribution in [0.4, 0.5) is 0 Å². The van der Waals surface area contributed by atoms with Crippen LogP contribution in [0, 0.1) is 0 Å². The minimum Gasteiger partial charge on any atom is -0.483 e. The van der Waals surface area contributed by atoms with Crippen molar-refractivity contribution in [2.75, 3.05) is 19.7 Å². The lowest BCUT2D eigenvalue weighted by atomic mass is 9.98. The predicted molar refractivity (Wildman–Crippen MR) is 99.0 cm³/mol. The van der Waals surface area contributed by atoms with Gasteiger partial charge in [-0.3, -0.25) is 4.79 Å². The third-order valence-electron chi connectivity index (χ3n) is 5.36. The molecule has 3 rings (SSSR count). The van der Waals surface area contributed by atoms with Crippen LogP contribution < -0.4 is 10.1 Å². The van der Waals surface area contributed by atoms with Gasteiger partial charge in [-0.2, -0.15) is 0 Å². The van der Waals surface area contributed by atoms with E-state index in [1.165, 1.54) is 5.56 Å². The molecule has 2 heterocycles. The van der Waals surface area contributed by atoms with Gasteiger partial charge in [0.25, 0.3) is 5.91 Å². The first kappa shape index (κ1) is 19.1. The van der Waals surface area contributed by atoms with Crippen LogP contribution >= 0.6 is 12.4 Å². The Hall–Kier alpha value is -1.26. The van der Waals surface area contributed by atoms with E-state index in [0.717, 1.165) is 44.5 Å². The van der Waals surface area contributed by atoms with E-state index in [-0.39, 0.29) is 24.9 Å². The molecule has 2 bridgehead atoms. The highest BCUT2D eigenvalue weighted by Crippen LogP contribution is 2.30. The average Bonchev–Trinajstić information content (AvgIpc) is 2.85. The van der Waals surface area contributed by atoms with E-state index < -0.39 is 0 Å². The van der Waals surface area contributed by atoms with Crippen molar-refractivity contribution in [3.05, 3.63) is 29.8 Å². The quantitative estimate of drug-likeness (QED) is 0.883. The number of hydrogen-bond donors (Lipinski definition) is 1. The van der Waals surface area contributed by atoms with Gasteiger partial charge in [0.15, 0.2) is 6.61 Å². The SMILES string of the molecule is CCC(C)c1ccccc1OCC(=O)N1C2CCNCC1CC2.Cl. The van der Waals surface area contributed by atoms with Crippen molar-refractivity contribution in [2.45, 2.75) is 57.5 Å². The maximum Gasteiger partial charge on any atom is 0.261 e. The average molecular weight is 353 g/mol. The van der Waals surface area contributed by atoms with Gasteiger partial charge in [-0.05, 0) is 49.8 Å². The van der Waals surface area contributed by atoms with Gasteiger partial charge in [0, 0.05) is 18.6 Å². The fraction of sp³-hybridized carbons (Fsp3) is 0.632. The Morgan fingerprint density at radius 2 is 2.04 bits per heavy atom. The molecule has 0 spiro atoms. The smallest absolute Gasteiger partial charge is 0.261 e. The molecule has 1 N–H and O–H groups in total. The summed E-state index contributed by atoms with van der Waals surface area (Å²) < 4.78 is 5.93. The number of carbonyl (C=O) groups excluding carboxylic acids is 1. The molecule has 4 nitrogen and oxygen atoms in total. The van der Waals surface area contributed by atoms with Crippen molar-refractivity contribution in [1.82, 2.24) is 10.2 Å². The first-order valence-electron chi connectivity index (χ1n) is 8.94. The Kier molecular flexibility index (Phi) is 6.93. The van der Waals surface area contributed by atoms with Crippen molar-refractivity contribution in [2.24, 2.45) is 0 Å². The van der Waals surface area contributed by atoms with Crippen LogP contribution in [-0.2, 0) is 4.79 Å². The van der Waals surface area contributed by atoms with Crippen LogP contribution in [-0.4, -0.2) is 42.6 Å². The molecule has 24 heavy (non-hydrogen) atoms. The van der Waals surface area contributed by atoms with Crippen molar-refractivity contribution in [3.8, 4) is 5.75 Å². The van der Waals surface area contributed by atoms with E-state index in [1.807, 2.05) is 18.2 Å². The molecular formula is C19H29ClN2O2. The molecule has 0 saturated carbocycles. The van der Waals surface area contributed by atoms with E-state index in [9.17, 15) is 4.79 Å². The number of rotatable bonds is 5. The number of fused-ring (bicyclic) bond motifs is 2. The van der Waals surface area contributed by atoms with Crippen molar-refractivity contribution in [3.63, 3.8) is 0 Å². The highest BCUT2D eigenvalue weighted by molar-refractivity contribution is 5.85. The molecule has 1 aromatic rings. The monoisotopic (exact) mass is 352 g/mol. The molecule has 2 aliphatic rings. The number of carbonyl (C=O) groups is 1. The van der Waals surface area contributed by atoms with Gasteiger partial charge in [0.05, 0.1) is 0 Å². The van der Waals surface area contributed by atoms with Crippen molar-refractivity contribution < 1.29 is 9.53 Å². The molecule has 2 aliphatic heterocycles. The summed E-state index contributed by atoms with van der Waals surface area (Å²) in [7, 11) is 0. The van der Waals surface area contributed by atoms with Gasteiger partial charge in [0.1, 0.15) is 5.75 Å². The maximum atomic E-state index is 12.7. The Morgan fingerprint density at radius 3 is 2.83 bits per heavy atom. The molecule has 2 saturated heterocycles. The van der Waals surface area contributed by atoms with E-state index >= 15 is 0 Å². The summed E-state index contributed by atoms with van der Waals surface area (Å²) in [5, 5.41) is 3.43. The zero-order chi connectivity index (χ0) is 16.2. The van der Waals surface area contributed by atoms with E-state index in [1.54, 1.807) is 0 Å². The summed E-state index contributed by atoms with van der Waals surface area (Å²) in [5.74, 6) is 1.44. The standard InChI is InChI=1S/C19H28N2O2.ClH/c1-3-14(2)17-6-4-5-7-18(17)23-13-19(22)21-15-8-9-16(21)12-20-11-10-15;/h4-7,14-16,20H,3,8-13H2,1-2H3;1H. The third kappa shape index (κ3) is 4.04. The lowest BCUT2D eigenvalue weighted by Crippen LogP contribution is -2.44. The first-order chi connectivity index (χ1) is 11.2. The molecule has 1 aromatic carbocycles. The van der Waals surface area contributed by atoms with E-state index in [4.69, 9.17) is 4.74 Å². The van der Waals surface area contributed by atoms with Crippen LogP contribution in [0.3, 0.4) is 0 Å². The second-order valence-corrected chi connectivity index (χ2v) is 6.81. The molecule has 3 atom stereocenters. The van der Waals surface area contributed by atoms with Crippen LogP contribution in [0.15, 0.2) is 24.3 Å². The zero-order valence-electron chi connectivity index (χ0n) is 14.7. The summed E-state index contributed by atoms with van der Waals surface area (Å²) in [5.41, 5.74) is 1.20. The topological polar surface area (TPSA) is 41.6 Å². The van der Waals surface area contributed by atoms with Crippen molar-refractivity contribution >= 4 is 18.3 Å². The lowest BCUT2D eigenvalue weighted by Gasteiger charge is -2.28. The van der Waals surface area contributed by atoms with Gasteiger partial charge in [-0.25, -0.2) is 0 Å². The van der Waals surface area contributed by atoms with E-state index in [2.05, 4.69) is 30.1 Å². The maximum absolute atomic E-state index is 12.7. The highest BCUT2D eigenvalue weighted by Gasteiger charge is 2.37. The second-order valence-electron chi connectivity index (χ2n) is 6.81. The number of amides is 1. The third-order valence-corrected chi connectivity index (χ3v) is 5.36. The molecular weight excluding hydrogens is 324 g/mol. The number of hydrogen-bond acceptors (Lipinski definition) is 3. The number of benzene rings is 1. The molecule has 0 aromatic heterocycles. The highest BCUT2D eigenvalue weighted by atomic mass is 35.5. The Morgan fingerprint density at radius 1 is 1.29 bits per heavy atom. The first-order valence-corrected chi connectivity index (χ1v) is 8.94. The summed E-state index contributed by atoms with van der Waals surface area (Å²) >= 11 is 0. The largest absolute Gasteiger partial charge is 0.483 e. The fourth-order valence-electron chi connectivity index (χ4n) is 3.84. The Labute approximate surface area is 151 Å². The number of nitrogens with zero attached hydrogens (tertiary/aromatic N) is 1. The number of nitrogens with one attached hydrogen (secondary N) is 1. The van der Waals surface area contributed by atoms with Crippen LogP contribution in [0.25, 0.3) is 0 Å². The minimum atomic E-state index is 0. The minimum absolute atomic E-state index is 0. The second kappa shape index (κ2) is 8.72. The molecule has 1 amide bonds. The molecule has 5 heteroatoms. The Bertz CT molecular complexity index is 538. The fourth-order valence-corrected chi connectivity index (χ4v) is 3.84. The number of para-hydroxylation sites is 1. The van der Waals surface area contributed by atoms with Gasteiger partial charge < -0.3 is 15.0 Å². The predicted octanol–water partition coefficient (Wildman–Crippen LogP) is 3.35. The van der Waals surface area contributed by atoms with Gasteiger partial charge >= 0.3 is 0 Å². The van der Waals surface area contributed by atoms with Crippen molar-refractivity contribution in [1.29, 1.82) is 0 Å². The van der Waals surface area contributed by atoms with E-state index in [0.29, 0.717) is 18.0 Å². The molecule has 2 fully saturated rings. The van der Waals surface area contributed by atoms with Crippen LogP contribution in [0.5, 0.6) is 5.75 Å². The van der Waals surface area contributed by atoms with Crippen LogP contribution in [0.1, 0.15) is 51.0 Å². The number of ether oxygens (including phenoxy) is 1. The normalized spacial score (nSPS) is 24.0. The molecule has 134 valence electrons. The Balaban J connectivity index is 0.00000208. The summed E-state index contributed by atoms with van der Waals surface area (Å²) in [4.78, 5) is 14.8. The van der Waals surface area contributed by atoms with Gasteiger partial charge in [0.2, 0.25) is 0 Å². The number of halogens is 1. The molecule has 0 aliphatic carbocycles. The zero-order valence-corrected chi connectivity index (χ0v) is 15.5. The van der Waals surface area contributed by atoms with Crippen LogP contribution in [0.2, 0.25) is 0 Å².